The Bertz CT molecular complexity index is 1080. The number of esters is 1. The second-order valence-electron chi connectivity index (χ2n) is 18.0. The zero-order valence-corrected chi connectivity index (χ0v) is 32.2. The Morgan fingerprint density at radius 1 is 0.898 bits per heavy atom. The first kappa shape index (κ1) is 40.5. The molecule has 3 unspecified atom stereocenters. The van der Waals surface area contributed by atoms with Crippen LogP contribution in [0.25, 0.3) is 0 Å². The maximum atomic E-state index is 14.4. The fourth-order valence-corrected chi connectivity index (χ4v) is 12.2. The SMILES string of the molecule is CC(=O)O[C@H]1C[C@@]2(C)C(C[C@@H](O)C3[C@@]4(C)CC[C@@H](O)[C@@H](C)C4CC[C@@]32C)[C@@H]1[C@H](CCCC(C)C)C(=O)NCCCN(CCCN)CCCN. The molecule has 0 heterocycles. The lowest BCUT2D eigenvalue weighted by Crippen LogP contribution is -2.66. The Morgan fingerprint density at radius 3 is 2.16 bits per heavy atom. The highest BCUT2D eigenvalue weighted by atomic mass is 16.5. The summed E-state index contributed by atoms with van der Waals surface area (Å²) in [6.07, 6.45) is 9.42. The molecule has 9 nitrogen and oxygen atoms in total. The van der Waals surface area contributed by atoms with Gasteiger partial charge in [0.2, 0.25) is 5.91 Å². The quantitative estimate of drug-likeness (QED) is 0.105. The molecule has 0 aromatic rings. The largest absolute Gasteiger partial charge is 0.462 e. The number of aliphatic hydroxyl groups is 2. The molecule has 0 aliphatic heterocycles. The van der Waals surface area contributed by atoms with E-state index in [0.29, 0.717) is 37.9 Å². The van der Waals surface area contributed by atoms with E-state index in [4.69, 9.17) is 16.2 Å². The van der Waals surface area contributed by atoms with E-state index in [1.165, 1.54) is 6.92 Å². The van der Waals surface area contributed by atoms with Gasteiger partial charge in [0.15, 0.2) is 0 Å². The van der Waals surface area contributed by atoms with Gasteiger partial charge in [-0.2, -0.15) is 0 Å². The van der Waals surface area contributed by atoms with Gasteiger partial charge < -0.3 is 36.6 Å². The summed E-state index contributed by atoms with van der Waals surface area (Å²) < 4.78 is 6.23. The van der Waals surface area contributed by atoms with E-state index in [0.717, 1.165) is 90.3 Å². The number of fused-ring (bicyclic) bond motifs is 5. The van der Waals surface area contributed by atoms with Crippen molar-refractivity contribution in [2.45, 2.75) is 144 Å². The van der Waals surface area contributed by atoms with Crippen molar-refractivity contribution in [2.24, 2.45) is 69.1 Å². The molecule has 49 heavy (non-hydrogen) atoms. The Kier molecular flexibility index (Phi) is 14.1. The van der Waals surface area contributed by atoms with Crippen molar-refractivity contribution in [1.29, 1.82) is 0 Å². The van der Waals surface area contributed by atoms with Crippen molar-refractivity contribution < 1.29 is 24.5 Å². The number of hydrogen-bond acceptors (Lipinski definition) is 8. The van der Waals surface area contributed by atoms with Crippen molar-refractivity contribution in [2.75, 3.05) is 39.3 Å². The molecule has 284 valence electrons. The second-order valence-corrected chi connectivity index (χ2v) is 18.0. The number of carbonyl (C=O) groups excluding carboxylic acids is 2. The maximum absolute atomic E-state index is 14.4. The number of nitrogens with one attached hydrogen (secondary N) is 1. The van der Waals surface area contributed by atoms with Crippen LogP contribution in [0.3, 0.4) is 0 Å². The van der Waals surface area contributed by atoms with Crippen LogP contribution in [0.4, 0.5) is 0 Å². The predicted octanol–water partition coefficient (Wildman–Crippen LogP) is 5.10. The van der Waals surface area contributed by atoms with E-state index in [1.54, 1.807) is 0 Å². The highest BCUT2D eigenvalue weighted by Crippen LogP contribution is 2.74. The molecule has 0 aromatic heterocycles. The van der Waals surface area contributed by atoms with Crippen LogP contribution in [0.2, 0.25) is 0 Å². The molecule has 4 aliphatic carbocycles. The van der Waals surface area contributed by atoms with Crippen molar-refractivity contribution in [3.63, 3.8) is 0 Å². The predicted molar refractivity (Wildman–Crippen MR) is 196 cm³/mol. The van der Waals surface area contributed by atoms with Gasteiger partial charge in [0.1, 0.15) is 6.10 Å². The summed E-state index contributed by atoms with van der Waals surface area (Å²) in [5.41, 5.74) is 11.1. The summed E-state index contributed by atoms with van der Waals surface area (Å²) >= 11 is 0. The van der Waals surface area contributed by atoms with Gasteiger partial charge in [-0.3, -0.25) is 9.59 Å². The molecular formula is C40H74N4O5. The van der Waals surface area contributed by atoms with Crippen LogP contribution in [0, 0.1) is 57.7 Å². The summed E-state index contributed by atoms with van der Waals surface area (Å²) in [7, 11) is 0. The van der Waals surface area contributed by atoms with E-state index in [2.05, 4.69) is 51.8 Å². The fourth-order valence-electron chi connectivity index (χ4n) is 12.2. The van der Waals surface area contributed by atoms with E-state index in [1.807, 2.05) is 0 Å². The van der Waals surface area contributed by atoms with E-state index >= 15 is 0 Å². The average molecular weight is 691 g/mol. The van der Waals surface area contributed by atoms with Crippen LogP contribution in [-0.4, -0.2) is 84.6 Å². The number of hydrogen-bond donors (Lipinski definition) is 5. The van der Waals surface area contributed by atoms with Gasteiger partial charge >= 0.3 is 5.97 Å². The van der Waals surface area contributed by atoms with Gasteiger partial charge in [-0.1, -0.05) is 54.4 Å². The van der Waals surface area contributed by atoms with E-state index < -0.39 is 6.10 Å². The number of carbonyl (C=O) groups is 2. The molecule has 0 bridgehead atoms. The summed E-state index contributed by atoms with van der Waals surface area (Å²) in [6, 6.07) is 0. The van der Waals surface area contributed by atoms with E-state index in [9.17, 15) is 19.8 Å². The van der Waals surface area contributed by atoms with Crippen LogP contribution in [0.5, 0.6) is 0 Å². The molecular weight excluding hydrogens is 616 g/mol. The number of amides is 1. The fraction of sp³-hybridized carbons (Fsp3) is 0.950. The number of rotatable bonds is 17. The average Bonchev–Trinajstić information content (AvgIpc) is 3.31. The molecule has 4 aliphatic rings. The van der Waals surface area contributed by atoms with Gasteiger partial charge in [-0.25, -0.2) is 0 Å². The zero-order valence-electron chi connectivity index (χ0n) is 32.2. The topological polar surface area (TPSA) is 151 Å². The lowest BCUT2D eigenvalue weighted by molar-refractivity contribution is -0.239. The molecule has 0 spiro atoms. The highest BCUT2D eigenvalue weighted by Gasteiger charge is 2.72. The van der Waals surface area contributed by atoms with Crippen LogP contribution in [0.15, 0.2) is 0 Å². The molecule has 12 atom stereocenters. The Hall–Kier alpha value is -1.26. The summed E-state index contributed by atoms with van der Waals surface area (Å²) in [4.78, 5) is 29.5. The monoisotopic (exact) mass is 691 g/mol. The third-order valence-corrected chi connectivity index (χ3v) is 14.7. The number of nitrogens with zero attached hydrogens (tertiary/aromatic N) is 1. The minimum atomic E-state index is -0.496. The molecule has 9 heteroatoms. The molecule has 0 aromatic carbocycles. The Labute approximate surface area is 298 Å². The number of ether oxygens (including phenoxy) is 1. The Balaban J connectivity index is 1.61. The molecule has 7 N–H and O–H groups in total. The molecule has 1 amide bonds. The van der Waals surface area contributed by atoms with Gasteiger partial charge in [0.25, 0.3) is 0 Å². The molecule has 4 saturated carbocycles. The summed E-state index contributed by atoms with van der Waals surface area (Å²) in [6.45, 7) is 20.0. The molecule has 4 fully saturated rings. The normalized spacial score (nSPS) is 39.3. The van der Waals surface area contributed by atoms with Crippen LogP contribution >= 0.6 is 0 Å². The number of nitrogens with two attached hydrogens (primary N) is 2. The first-order valence-electron chi connectivity index (χ1n) is 20.1. The smallest absolute Gasteiger partial charge is 0.302 e. The summed E-state index contributed by atoms with van der Waals surface area (Å²) in [5, 5.41) is 26.5. The zero-order chi connectivity index (χ0) is 36.1. The standard InChI is InChI=1S/C40H74N4O5/c1-26(2)12-8-13-29(37(48)43-20-11-23-44(21-9-18-41)22-10-19-42)35-31-24-33(47)36-38(5)16-15-32(46)27(3)30(38)14-17-39(36,6)40(31,7)25-34(35)49-28(4)45/h26-27,29-36,46-47H,8-25,41-42H2,1-7H3,(H,43,48)/t27-,29-,30?,31?,32+,33+,34-,35-,36?,38-,39-,40-/m0/s1. The number of aliphatic hydroxyl groups excluding tert-OH is 2. The van der Waals surface area contributed by atoms with E-state index in [-0.39, 0.29) is 69.9 Å². The highest BCUT2D eigenvalue weighted by molar-refractivity contribution is 5.79. The lowest BCUT2D eigenvalue weighted by Gasteiger charge is -2.69. The second kappa shape index (κ2) is 17.0. The first-order chi connectivity index (χ1) is 23.1. The molecule has 4 rings (SSSR count). The third-order valence-electron chi connectivity index (χ3n) is 14.7. The van der Waals surface area contributed by atoms with Crippen molar-refractivity contribution in [3.8, 4) is 0 Å². The van der Waals surface area contributed by atoms with Gasteiger partial charge in [-0.05, 0) is 143 Å². The third kappa shape index (κ3) is 8.37. The van der Waals surface area contributed by atoms with Crippen LogP contribution < -0.4 is 16.8 Å². The molecule has 0 saturated heterocycles. The lowest BCUT2D eigenvalue weighted by atomic mass is 9.36. The minimum Gasteiger partial charge on any atom is -0.462 e. The van der Waals surface area contributed by atoms with Gasteiger partial charge in [0.05, 0.1) is 12.2 Å². The Morgan fingerprint density at radius 2 is 1.55 bits per heavy atom. The maximum Gasteiger partial charge on any atom is 0.302 e. The van der Waals surface area contributed by atoms with Gasteiger partial charge in [-0.15, -0.1) is 0 Å². The van der Waals surface area contributed by atoms with Gasteiger partial charge in [0, 0.05) is 25.3 Å². The minimum absolute atomic E-state index is 0.0652. The van der Waals surface area contributed by atoms with Crippen molar-refractivity contribution in [1.82, 2.24) is 10.2 Å². The molecule has 0 radical (unpaired) electrons. The van der Waals surface area contributed by atoms with Crippen molar-refractivity contribution in [3.05, 3.63) is 0 Å². The van der Waals surface area contributed by atoms with Crippen LogP contribution in [-0.2, 0) is 14.3 Å². The van der Waals surface area contributed by atoms with Crippen LogP contribution in [0.1, 0.15) is 126 Å². The van der Waals surface area contributed by atoms with Crippen molar-refractivity contribution >= 4 is 11.9 Å². The summed E-state index contributed by atoms with van der Waals surface area (Å²) in [5.74, 6) is 0.647. The first-order valence-corrected chi connectivity index (χ1v) is 20.1.